The Morgan fingerprint density at radius 1 is 1.25 bits per heavy atom. The molecule has 0 saturated heterocycles. The van der Waals surface area contributed by atoms with E-state index in [4.69, 9.17) is 0 Å². The SMILES string of the molecule is CCCc1nc(C(=O)N(C)c2cc(C)cc(C)c2)n[nH]1. The molecule has 2 rings (SSSR count). The van der Waals surface area contributed by atoms with Crippen LogP contribution in [0.1, 0.15) is 40.9 Å². The number of nitrogens with zero attached hydrogens (tertiary/aromatic N) is 3. The van der Waals surface area contributed by atoms with Gasteiger partial charge in [-0.25, -0.2) is 4.98 Å². The van der Waals surface area contributed by atoms with Gasteiger partial charge in [-0.2, -0.15) is 0 Å². The summed E-state index contributed by atoms with van der Waals surface area (Å²) in [5.41, 5.74) is 3.11. The van der Waals surface area contributed by atoms with Crippen molar-refractivity contribution in [2.24, 2.45) is 0 Å². The van der Waals surface area contributed by atoms with Gasteiger partial charge in [-0.05, 0) is 43.5 Å². The van der Waals surface area contributed by atoms with Gasteiger partial charge in [0.1, 0.15) is 5.82 Å². The summed E-state index contributed by atoms with van der Waals surface area (Å²) in [6.45, 7) is 6.09. The molecule has 1 heterocycles. The van der Waals surface area contributed by atoms with Gasteiger partial charge >= 0.3 is 0 Å². The molecule has 0 saturated carbocycles. The van der Waals surface area contributed by atoms with Crippen molar-refractivity contribution in [2.45, 2.75) is 33.6 Å². The molecular formula is C15H20N4O. The van der Waals surface area contributed by atoms with Gasteiger partial charge in [0, 0.05) is 19.2 Å². The van der Waals surface area contributed by atoms with Crippen molar-refractivity contribution in [1.29, 1.82) is 0 Å². The lowest BCUT2D eigenvalue weighted by Gasteiger charge is -2.16. The molecule has 1 N–H and O–H groups in total. The van der Waals surface area contributed by atoms with Crippen LogP contribution in [0.15, 0.2) is 18.2 Å². The number of amides is 1. The molecule has 0 spiro atoms. The fourth-order valence-corrected chi connectivity index (χ4v) is 2.15. The summed E-state index contributed by atoms with van der Waals surface area (Å²) < 4.78 is 0. The highest BCUT2D eigenvalue weighted by atomic mass is 16.2. The highest BCUT2D eigenvalue weighted by molar-refractivity contribution is 6.03. The Morgan fingerprint density at radius 2 is 1.90 bits per heavy atom. The van der Waals surface area contributed by atoms with E-state index < -0.39 is 0 Å². The van der Waals surface area contributed by atoms with Crippen molar-refractivity contribution < 1.29 is 4.79 Å². The van der Waals surface area contributed by atoms with Gasteiger partial charge in [-0.3, -0.25) is 9.89 Å². The first kappa shape index (κ1) is 14.2. The first-order chi connectivity index (χ1) is 9.51. The molecular weight excluding hydrogens is 252 g/mol. The second-order valence-electron chi connectivity index (χ2n) is 5.07. The number of hydrogen-bond acceptors (Lipinski definition) is 3. The van der Waals surface area contributed by atoms with Crippen LogP contribution in [0.25, 0.3) is 0 Å². The molecule has 0 aliphatic heterocycles. The van der Waals surface area contributed by atoms with E-state index in [1.54, 1.807) is 11.9 Å². The molecule has 1 aromatic carbocycles. The number of rotatable bonds is 4. The van der Waals surface area contributed by atoms with E-state index >= 15 is 0 Å². The molecule has 0 radical (unpaired) electrons. The highest BCUT2D eigenvalue weighted by Gasteiger charge is 2.18. The van der Waals surface area contributed by atoms with Crippen LogP contribution in [0.5, 0.6) is 0 Å². The third kappa shape index (κ3) is 3.04. The summed E-state index contributed by atoms with van der Waals surface area (Å²) >= 11 is 0. The maximum absolute atomic E-state index is 12.4. The van der Waals surface area contributed by atoms with E-state index in [0.29, 0.717) is 0 Å². The van der Waals surface area contributed by atoms with E-state index in [1.165, 1.54) is 0 Å². The summed E-state index contributed by atoms with van der Waals surface area (Å²) in [7, 11) is 1.74. The van der Waals surface area contributed by atoms with Crippen molar-refractivity contribution in [1.82, 2.24) is 15.2 Å². The molecule has 0 fully saturated rings. The summed E-state index contributed by atoms with van der Waals surface area (Å²) in [5.74, 6) is 0.772. The zero-order valence-corrected chi connectivity index (χ0v) is 12.4. The van der Waals surface area contributed by atoms with Gasteiger partial charge in [0.15, 0.2) is 0 Å². The van der Waals surface area contributed by atoms with E-state index in [2.05, 4.69) is 28.2 Å². The average Bonchev–Trinajstić information content (AvgIpc) is 2.85. The number of H-pyrrole nitrogens is 1. The number of hydrogen-bond donors (Lipinski definition) is 1. The minimum absolute atomic E-state index is 0.200. The second kappa shape index (κ2) is 5.86. The lowest BCUT2D eigenvalue weighted by Crippen LogP contribution is -2.27. The monoisotopic (exact) mass is 272 g/mol. The van der Waals surface area contributed by atoms with Crippen LogP contribution < -0.4 is 4.90 Å². The van der Waals surface area contributed by atoms with Crippen molar-refractivity contribution in [3.8, 4) is 0 Å². The Kier molecular flexibility index (Phi) is 4.17. The zero-order chi connectivity index (χ0) is 14.7. The zero-order valence-electron chi connectivity index (χ0n) is 12.4. The van der Waals surface area contributed by atoms with Crippen molar-refractivity contribution in [2.75, 3.05) is 11.9 Å². The molecule has 2 aromatic rings. The van der Waals surface area contributed by atoms with Crippen LogP contribution in [0.4, 0.5) is 5.69 Å². The number of carbonyl (C=O) groups excluding carboxylic acids is 1. The molecule has 20 heavy (non-hydrogen) atoms. The van der Waals surface area contributed by atoms with Crippen molar-refractivity contribution in [3.63, 3.8) is 0 Å². The molecule has 1 aromatic heterocycles. The summed E-state index contributed by atoms with van der Waals surface area (Å²) in [6.07, 6.45) is 1.77. The van der Waals surface area contributed by atoms with E-state index in [-0.39, 0.29) is 11.7 Å². The fourth-order valence-electron chi connectivity index (χ4n) is 2.15. The predicted octanol–water partition coefficient (Wildman–Crippen LogP) is 2.65. The number of aromatic nitrogens is 3. The predicted molar refractivity (Wildman–Crippen MR) is 79.0 cm³/mol. The molecule has 106 valence electrons. The standard InChI is InChI=1S/C15H20N4O/c1-5-6-13-16-14(18-17-13)15(20)19(4)12-8-10(2)7-11(3)9-12/h7-9H,5-6H2,1-4H3,(H,16,17,18). The maximum Gasteiger partial charge on any atom is 0.297 e. The minimum Gasteiger partial charge on any atom is -0.309 e. The smallest absolute Gasteiger partial charge is 0.297 e. The van der Waals surface area contributed by atoms with Gasteiger partial charge < -0.3 is 4.90 Å². The fraction of sp³-hybridized carbons (Fsp3) is 0.400. The van der Waals surface area contributed by atoms with Crippen LogP contribution in [-0.2, 0) is 6.42 Å². The second-order valence-corrected chi connectivity index (χ2v) is 5.07. The van der Waals surface area contributed by atoms with E-state index in [9.17, 15) is 4.79 Å². The topological polar surface area (TPSA) is 61.9 Å². The number of benzene rings is 1. The number of aryl methyl sites for hydroxylation is 3. The third-order valence-corrected chi connectivity index (χ3v) is 3.11. The third-order valence-electron chi connectivity index (χ3n) is 3.11. The maximum atomic E-state index is 12.4. The summed E-state index contributed by atoms with van der Waals surface area (Å²) in [4.78, 5) is 18.2. The first-order valence-electron chi connectivity index (χ1n) is 6.79. The van der Waals surface area contributed by atoms with Crippen LogP contribution in [0, 0.1) is 13.8 Å². The number of nitrogens with one attached hydrogen (secondary N) is 1. The normalized spacial score (nSPS) is 10.6. The Labute approximate surface area is 119 Å². The first-order valence-corrected chi connectivity index (χ1v) is 6.79. The number of anilines is 1. The largest absolute Gasteiger partial charge is 0.309 e. The van der Waals surface area contributed by atoms with Crippen LogP contribution in [-0.4, -0.2) is 28.1 Å². The molecule has 0 bridgehead atoms. The molecule has 0 unspecified atom stereocenters. The molecule has 5 heteroatoms. The van der Waals surface area contributed by atoms with Crippen molar-refractivity contribution >= 4 is 11.6 Å². The van der Waals surface area contributed by atoms with Gasteiger partial charge in [0.05, 0.1) is 0 Å². The van der Waals surface area contributed by atoms with Gasteiger partial charge in [-0.1, -0.05) is 13.0 Å². The van der Waals surface area contributed by atoms with E-state index in [0.717, 1.165) is 35.5 Å². The Balaban J connectivity index is 2.22. The molecule has 1 amide bonds. The lowest BCUT2D eigenvalue weighted by atomic mass is 10.1. The van der Waals surface area contributed by atoms with Gasteiger partial charge in [0.2, 0.25) is 5.82 Å². The molecule has 0 aliphatic rings. The van der Waals surface area contributed by atoms with Crippen molar-refractivity contribution in [3.05, 3.63) is 41.0 Å². The molecule has 0 aliphatic carbocycles. The Morgan fingerprint density at radius 3 is 2.50 bits per heavy atom. The summed E-state index contributed by atoms with van der Waals surface area (Å²) in [6, 6.07) is 6.03. The summed E-state index contributed by atoms with van der Waals surface area (Å²) in [5, 5.41) is 6.81. The minimum atomic E-state index is -0.200. The Bertz CT molecular complexity index is 598. The lowest BCUT2D eigenvalue weighted by molar-refractivity contribution is 0.0983. The van der Waals surface area contributed by atoms with Crippen LogP contribution in [0.2, 0.25) is 0 Å². The van der Waals surface area contributed by atoms with Gasteiger partial charge in [0.25, 0.3) is 5.91 Å². The Hall–Kier alpha value is -2.17. The molecule has 0 atom stereocenters. The van der Waals surface area contributed by atoms with Crippen LogP contribution >= 0.6 is 0 Å². The quantitative estimate of drug-likeness (QED) is 0.930. The van der Waals surface area contributed by atoms with Crippen LogP contribution in [0.3, 0.4) is 0 Å². The van der Waals surface area contributed by atoms with E-state index in [1.807, 2.05) is 26.0 Å². The van der Waals surface area contributed by atoms with Gasteiger partial charge in [-0.15, -0.1) is 5.10 Å². The highest BCUT2D eigenvalue weighted by Crippen LogP contribution is 2.18. The number of aromatic amines is 1. The average molecular weight is 272 g/mol. The number of carbonyl (C=O) groups is 1. The molecule has 5 nitrogen and oxygen atoms in total.